The van der Waals surface area contributed by atoms with Gasteiger partial charge in [0, 0.05) is 30.9 Å². The predicted octanol–water partition coefficient (Wildman–Crippen LogP) is 2.25. The Morgan fingerprint density at radius 2 is 2.05 bits per heavy atom. The maximum absolute atomic E-state index is 13.5. The van der Waals surface area contributed by atoms with E-state index >= 15 is 0 Å². The van der Waals surface area contributed by atoms with Gasteiger partial charge < -0.3 is 5.32 Å². The third-order valence-corrected chi connectivity index (χ3v) is 3.19. The summed E-state index contributed by atoms with van der Waals surface area (Å²) in [7, 11) is 1.75. The molecule has 0 saturated heterocycles. The summed E-state index contributed by atoms with van der Waals surface area (Å²) in [6, 6.07) is 3.26. The van der Waals surface area contributed by atoms with Crippen LogP contribution in [0.2, 0.25) is 0 Å². The van der Waals surface area contributed by atoms with Crippen molar-refractivity contribution < 1.29 is 13.6 Å². The van der Waals surface area contributed by atoms with E-state index in [-0.39, 0.29) is 18.0 Å². The molecule has 6 heteroatoms. The van der Waals surface area contributed by atoms with Crippen molar-refractivity contribution in [2.45, 2.75) is 20.4 Å². The van der Waals surface area contributed by atoms with Gasteiger partial charge in [0.15, 0.2) is 0 Å². The van der Waals surface area contributed by atoms with Gasteiger partial charge in [0.25, 0.3) is 5.91 Å². The van der Waals surface area contributed by atoms with Gasteiger partial charge in [-0.2, -0.15) is 5.10 Å². The SMILES string of the molecule is Cc1nn(C)c(C)c1C(=O)NCc1ccc(F)cc1F. The molecular formula is C14H15F2N3O. The van der Waals surface area contributed by atoms with E-state index in [1.165, 1.54) is 6.07 Å². The maximum atomic E-state index is 13.5. The molecule has 1 heterocycles. The second-order valence-electron chi connectivity index (χ2n) is 4.59. The molecule has 0 spiro atoms. The zero-order valence-electron chi connectivity index (χ0n) is 11.5. The number of benzene rings is 1. The molecular weight excluding hydrogens is 264 g/mol. The van der Waals surface area contributed by atoms with Crippen molar-refractivity contribution in [2.75, 3.05) is 0 Å². The number of aromatic nitrogens is 2. The first-order valence-corrected chi connectivity index (χ1v) is 6.12. The molecule has 0 aliphatic carbocycles. The van der Waals surface area contributed by atoms with Crippen LogP contribution in [0.3, 0.4) is 0 Å². The highest BCUT2D eigenvalue weighted by atomic mass is 19.1. The smallest absolute Gasteiger partial charge is 0.255 e. The zero-order valence-corrected chi connectivity index (χ0v) is 11.5. The maximum Gasteiger partial charge on any atom is 0.255 e. The normalized spacial score (nSPS) is 10.7. The standard InChI is InChI=1S/C14H15F2N3O/c1-8-13(9(2)19(3)18-8)14(20)17-7-10-4-5-11(15)6-12(10)16/h4-6H,7H2,1-3H3,(H,17,20). The second-order valence-corrected chi connectivity index (χ2v) is 4.59. The average Bonchev–Trinajstić information content (AvgIpc) is 2.62. The van der Waals surface area contributed by atoms with Gasteiger partial charge in [0.05, 0.1) is 11.3 Å². The fraction of sp³-hybridized carbons (Fsp3) is 0.286. The molecule has 1 N–H and O–H groups in total. The van der Waals surface area contributed by atoms with Crippen LogP contribution in [0.25, 0.3) is 0 Å². The summed E-state index contributed by atoms with van der Waals surface area (Å²) >= 11 is 0. The molecule has 20 heavy (non-hydrogen) atoms. The molecule has 106 valence electrons. The molecule has 2 rings (SSSR count). The third kappa shape index (κ3) is 2.68. The third-order valence-electron chi connectivity index (χ3n) is 3.19. The van der Waals surface area contributed by atoms with E-state index in [1.807, 2.05) is 0 Å². The molecule has 0 aliphatic rings. The number of aryl methyl sites for hydroxylation is 2. The van der Waals surface area contributed by atoms with Crippen molar-refractivity contribution in [3.8, 4) is 0 Å². The quantitative estimate of drug-likeness (QED) is 0.936. The molecule has 1 aromatic carbocycles. The summed E-state index contributed by atoms with van der Waals surface area (Å²) in [5, 5.41) is 6.76. The number of hydrogen-bond acceptors (Lipinski definition) is 2. The van der Waals surface area contributed by atoms with Gasteiger partial charge in [-0.15, -0.1) is 0 Å². The van der Waals surface area contributed by atoms with Crippen molar-refractivity contribution in [1.29, 1.82) is 0 Å². The minimum Gasteiger partial charge on any atom is -0.348 e. The van der Waals surface area contributed by atoms with Crippen LogP contribution >= 0.6 is 0 Å². The van der Waals surface area contributed by atoms with E-state index in [0.29, 0.717) is 11.3 Å². The second kappa shape index (κ2) is 5.40. The van der Waals surface area contributed by atoms with Crippen LogP contribution in [0.15, 0.2) is 18.2 Å². The van der Waals surface area contributed by atoms with Crippen molar-refractivity contribution in [3.05, 3.63) is 52.3 Å². The summed E-state index contributed by atoms with van der Waals surface area (Å²) < 4.78 is 27.9. The lowest BCUT2D eigenvalue weighted by Gasteiger charge is -2.07. The van der Waals surface area contributed by atoms with E-state index < -0.39 is 11.6 Å². The lowest BCUT2D eigenvalue weighted by Crippen LogP contribution is -2.24. The molecule has 0 bridgehead atoms. The van der Waals surface area contributed by atoms with Crippen LogP contribution in [-0.4, -0.2) is 15.7 Å². The molecule has 1 amide bonds. The van der Waals surface area contributed by atoms with Gasteiger partial charge in [-0.25, -0.2) is 8.78 Å². The average molecular weight is 279 g/mol. The molecule has 1 aromatic heterocycles. The molecule has 0 aliphatic heterocycles. The molecule has 0 fully saturated rings. The number of carbonyl (C=O) groups excluding carboxylic acids is 1. The van der Waals surface area contributed by atoms with E-state index in [0.717, 1.165) is 17.8 Å². The zero-order chi connectivity index (χ0) is 14.9. The van der Waals surface area contributed by atoms with Crippen molar-refractivity contribution in [2.24, 2.45) is 7.05 Å². The molecule has 0 radical (unpaired) electrons. The van der Waals surface area contributed by atoms with E-state index in [9.17, 15) is 13.6 Å². The number of halogens is 2. The van der Waals surface area contributed by atoms with Gasteiger partial charge in [0.1, 0.15) is 11.6 Å². The Morgan fingerprint density at radius 1 is 1.35 bits per heavy atom. The largest absolute Gasteiger partial charge is 0.348 e. The van der Waals surface area contributed by atoms with E-state index in [4.69, 9.17) is 0 Å². The topological polar surface area (TPSA) is 46.9 Å². The lowest BCUT2D eigenvalue weighted by atomic mass is 10.1. The number of amides is 1. The van der Waals surface area contributed by atoms with Gasteiger partial charge in [-0.1, -0.05) is 6.07 Å². The first-order valence-electron chi connectivity index (χ1n) is 6.12. The first kappa shape index (κ1) is 14.2. The van der Waals surface area contributed by atoms with Crippen molar-refractivity contribution in [1.82, 2.24) is 15.1 Å². The molecule has 4 nitrogen and oxygen atoms in total. The van der Waals surface area contributed by atoms with Gasteiger partial charge in [-0.05, 0) is 19.9 Å². The van der Waals surface area contributed by atoms with Crippen LogP contribution in [0.1, 0.15) is 27.3 Å². The summed E-state index contributed by atoms with van der Waals surface area (Å²) in [6.45, 7) is 3.52. The summed E-state index contributed by atoms with van der Waals surface area (Å²) in [4.78, 5) is 12.1. The minimum absolute atomic E-state index is 0.00127. The monoisotopic (exact) mass is 279 g/mol. The number of rotatable bonds is 3. The van der Waals surface area contributed by atoms with Crippen LogP contribution in [-0.2, 0) is 13.6 Å². The van der Waals surface area contributed by atoms with E-state index in [1.54, 1.807) is 25.6 Å². The van der Waals surface area contributed by atoms with E-state index in [2.05, 4.69) is 10.4 Å². The highest BCUT2D eigenvalue weighted by molar-refractivity contribution is 5.96. The molecule has 2 aromatic rings. The Balaban J connectivity index is 2.13. The Morgan fingerprint density at radius 3 is 2.60 bits per heavy atom. The van der Waals surface area contributed by atoms with Gasteiger partial charge >= 0.3 is 0 Å². The van der Waals surface area contributed by atoms with Crippen LogP contribution in [0.5, 0.6) is 0 Å². The Labute approximate surface area is 115 Å². The Bertz CT molecular complexity index is 665. The molecule has 0 atom stereocenters. The number of nitrogens with one attached hydrogen (secondary N) is 1. The number of carbonyl (C=O) groups is 1. The first-order chi connectivity index (χ1) is 9.40. The highest BCUT2D eigenvalue weighted by Crippen LogP contribution is 2.13. The van der Waals surface area contributed by atoms with Crippen LogP contribution in [0.4, 0.5) is 8.78 Å². The Kier molecular flexibility index (Phi) is 3.83. The summed E-state index contributed by atoms with van der Waals surface area (Å²) in [5.74, 6) is -1.64. The number of nitrogens with zero attached hydrogens (tertiary/aromatic N) is 2. The van der Waals surface area contributed by atoms with Crippen molar-refractivity contribution >= 4 is 5.91 Å². The lowest BCUT2D eigenvalue weighted by molar-refractivity contribution is 0.0949. The molecule has 0 unspecified atom stereocenters. The summed E-state index contributed by atoms with van der Waals surface area (Å²) in [6.07, 6.45) is 0. The minimum atomic E-state index is -0.676. The predicted molar refractivity (Wildman–Crippen MR) is 70.2 cm³/mol. The van der Waals surface area contributed by atoms with Crippen LogP contribution in [0, 0.1) is 25.5 Å². The Hall–Kier alpha value is -2.24. The van der Waals surface area contributed by atoms with Crippen LogP contribution < -0.4 is 5.32 Å². The fourth-order valence-electron chi connectivity index (χ4n) is 2.03. The van der Waals surface area contributed by atoms with Gasteiger partial charge in [0.2, 0.25) is 0 Å². The number of hydrogen-bond donors (Lipinski definition) is 1. The highest BCUT2D eigenvalue weighted by Gasteiger charge is 2.17. The fourth-order valence-corrected chi connectivity index (χ4v) is 2.03. The summed E-state index contributed by atoms with van der Waals surface area (Å²) in [5.41, 5.74) is 2.07. The van der Waals surface area contributed by atoms with Gasteiger partial charge in [-0.3, -0.25) is 9.48 Å². The molecule has 0 saturated carbocycles. The van der Waals surface area contributed by atoms with Crippen molar-refractivity contribution in [3.63, 3.8) is 0 Å².